The molecule has 2 nitrogen and oxygen atoms in total. The Labute approximate surface area is 96.1 Å². The van der Waals surface area contributed by atoms with Gasteiger partial charge in [-0.1, -0.05) is 41.4 Å². The Morgan fingerprint density at radius 3 is 2.53 bits per heavy atom. The van der Waals surface area contributed by atoms with Gasteiger partial charge in [0, 0.05) is 11.8 Å². The van der Waals surface area contributed by atoms with Gasteiger partial charge in [0.25, 0.3) is 0 Å². The largest absolute Gasteiger partial charge is 0.478 e. The predicted molar refractivity (Wildman–Crippen MR) is 63.4 cm³/mol. The SMILES string of the molecule is CC1(C)CCO[Si](Cl)(c2ccccc2)O1. The van der Waals surface area contributed by atoms with Crippen molar-refractivity contribution in [1.82, 2.24) is 0 Å². The van der Waals surface area contributed by atoms with Crippen LogP contribution in [0.4, 0.5) is 0 Å². The molecule has 1 aliphatic heterocycles. The number of benzene rings is 1. The minimum absolute atomic E-state index is 0.179. The maximum Gasteiger partial charge on any atom is 0.478 e. The first-order chi connectivity index (χ1) is 7.02. The average molecular weight is 243 g/mol. The summed E-state index contributed by atoms with van der Waals surface area (Å²) in [7, 11) is -2.68. The highest BCUT2D eigenvalue weighted by atomic mass is 35.6. The fourth-order valence-electron chi connectivity index (χ4n) is 1.64. The van der Waals surface area contributed by atoms with Crippen LogP contribution in [0, 0.1) is 0 Å². The van der Waals surface area contributed by atoms with Crippen molar-refractivity contribution >= 4 is 24.1 Å². The molecular formula is C11H15ClO2Si. The summed E-state index contributed by atoms with van der Waals surface area (Å²) in [5.41, 5.74) is -0.179. The van der Waals surface area contributed by atoms with Gasteiger partial charge in [0.15, 0.2) is 0 Å². The van der Waals surface area contributed by atoms with Crippen molar-refractivity contribution < 1.29 is 8.85 Å². The molecule has 1 unspecified atom stereocenters. The molecule has 1 aromatic rings. The topological polar surface area (TPSA) is 18.5 Å². The van der Waals surface area contributed by atoms with Crippen molar-refractivity contribution in [3.63, 3.8) is 0 Å². The van der Waals surface area contributed by atoms with E-state index < -0.39 is 7.87 Å². The van der Waals surface area contributed by atoms with E-state index in [0.717, 1.165) is 11.6 Å². The van der Waals surface area contributed by atoms with Gasteiger partial charge < -0.3 is 8.85 Å². The number of halogens is 1. The third kappa shape index (κ3) is 2.42. The fraction of sp³-hybridized carbons (Fsp3) is 0.455. The van der Waals surface area contributed by atoms with E-state index in [2.05, 4.69) is 13.8 Å². The zero-order valence-electron chi connectivity index (χ0n) is 9.00. The van der Waals surface area contributed by atoms with E-state index in [1.807, 2.05) is 30.3 Å². The number of hydrogen-bond donors (Lipinski definition) is 0. The van der Waals surface area contributed by atoms with Gasteiger partial charge in [-0.2, -0.15) is 0 Å². The van der Waals surface area contributed by atoms with Gasteiger partial charge in [0.2, 0.25) is 0 Å². The summed E-state index contributed by atoms with van der Waals surface area (Å²) in [6.45, 7) is 4.79. The first-order valence-corrected chi connectivity index (χ1v) is 7.93. The number of hydrogen-bond acceptors (Lipinski definition) is 2. The van der Waals surface area contributed by atoms with E-state index in [9.17, 15) is 0 Å². The Bertz CT molecular complexity index is 342. The molecule has 1 aliphatic rings. The molecule has 4 heteroatoms. The van der Waals surface area contributed by atoms with Gasteiger partial charge in [-0.05, 0) is 20.3 Å². The van der Waals surface area contributed by atoms with Crippen LogP contribution < -0.4 is 5.19 Å². The van der Waals surface area contributed by atoms with Crippen LogP contribution in [-0.4, -0.2) is 20.1 Å². The second-order valence-electron chi connectivity index (χ2n) is 4.36. The molecule has 0 aliphatic carbocycles. The van der Waals surface area contributed by atoms with Crippen LogP contribution in [0.25, 0.3) is 0 Å². The lowest BCUT2D eigenvalue weighted by atomic mass is 10.1. The summed E-state index contributed by atoms with van der Waals surface area (Å²) in [6, 6.07) is 9.83. The Morgan fingerprint density at radius 1 is 1.27 bits per heavy atom. The lowest BCUT2D eigenvalue weighted by Gasteiger charge is -2.39. The average Bonchev–Trinajstić information content (AvgIpc) is 2.17. The maximum atomic E-state index is 6.48. The second kappa shape index (κ2) is 3.90. The van der Waals surface area contributed by atoms with E-state index in [0.29, 0.717) is 6.61 Å². The second-order valence-corrected chi connectivity index (χ2v) is 8.00. The summed E-state index contributed by atoms with van der Waals surface area (Å²) in [4.78, 5) is 0. The molecular weight excluding hydrogens is 228 g/mol. The zero-order chi connectivity index (χ0) is 10.9. The minimum atomic E-state index is -2.68. The predicted octanol–water partition coefficient (Wildman–Crippen LogP) is 2.29. The van der Waals surface area contributed by atoms with Gasteiger partial charge in [0.1, 0.15) is 0 Å². The van der Waals surface area contributed by atoms with Crippen LogP contribution in [-0.2, 0) is 8.85 Å². The van der Waals surface area contributed by atoms with Crippen molar-refractivity contribution in [3.05, 3.63) is 30.3 Å². The lowest BCUT2D eigenvalue weighted by Crippen LogP contribution is -2.57. The van der Waals surface area contributed by atoms with E-state index in [1.54, 1.807) is 0 Å². The maximum absolute atomic E-state index is 6.48. The van der Waals surface area contributed by atoms with Crippen molar-refractivity contribution in [2.45, 2.75) is 25.9 Å². The fourth-order valence-corrected chi connectivity index (χ4v) is 4.99. The molecule has 0 amide bonds. The van der Waals surface area contributed by atoms with E-state index in [1.165, 1.54) is 0 Å². The monoisotopic (exact) mass is 242 g/mol. The van der Waals surface area contributed by atoms with Gasteiger partial charge >= 0.3 is 7.87 Å². The summed E-state index contributed by atoms with van der Waals surface area (Å²) in [5, 5.41) is 0.986. The van der Waals surface area contributed by atoms with Gasteiger partial charge in [0.05, 0.1) is 5.60 Å². The van der Waals surface area contributed by atoms with Crippen LogP contribution in [0.5, 0.6) is 0 Å². The van der Waals surface area contributed by atoms with Crippen molar-refractivity contribution in [2.75, 3.05) is 6.61 Å². The molecule has 0 spiro atoms. The van der Waals surface area contributed by atoms with E-state index in [-0.39, 0.29) is 5.60 Å². The highest BCUT2D eigenvalue weighted by Gasteiger charge is 2.46. The van der Waals surface area contributed by atoms with Gasteiger partial charge in [-0.15, -0.1) is 0 Å². The Balaban J connectivity index is 2.27. The third-order valence-electron chi connectivity index (χ3n) is 2.52. The molecule has 0 saturated carbocycles. The lowest BCUT2D eigenvalue weighted by molar-refractivity contribution is 0.00485. The molecule has 1 heterocycles. The van der Waals surface area contributed by atoms with Crippen molar-refractivity contribution in [3.8, 4) is 0 Å². The van der Waals surface area contributed by atoms with Crippen LogP contribution in [0.15, 0.2) is 30.3 Å². The standard InChI is InChI=1S/C11H15ClO2Si/c1-11(2)8-9-13-15(12,14-11)10-6-4-3-5-7-10/h3-7H,8-9H2,1-2H3. The van der Waals surface area contributed by atoms with E-state index >= 15 is 0 Å². The molecule has 0 N–H and O–H groups in total. The highest BCUT2D eigenvalue weighted by Crippen LogP contribution is 2.29. The summed E-state index contributed by atoms with van der Waals surface area (Å²) in [5.74, 6) is 0. The molecule has 0 radical (unpaired) electrons. The minimum Gasteiger partial charge on any atom is -0.380 e. The first kappa shape index (κ1) is 11.1. The van der Waals surface area contributed by atoms with Gasteiger partial charge in [-0.3, -0.25) is 0 Å². The zero-order valence-corrected chi connectivity index (χ0v) is 10.8. The van der Waals surface area contributed by atoms with Crippen LogP contribution in [0.2, 0.25) is 0 Å². The highest BCUT2D eigenvalue weighted by molar-refractivity contribution is 7.20. The van der Waals surface area contributed by atoms with Crippen molar-refractivity contribution in [1.29, 1.82) is 0 Å². The molecule has 1 fully saturated rings. The molecule has 2 rings (SSSR count). The number of rotatable bonds is 1. The molecule has 1 aromatic carbocycles. The molecule has 15 heavy (non-hydrogen) atoms. The molecule has 1 atom stereocenters. The third-order valence-corrected chi connectivity index (χ3v) is 6.14. The van der Waals surface area contributed by atoms with Gasteiger partial charge in [-0.25, -0.2) is 0 Å². The van der Waals surface area contributed by atoms with Crippen LogP contribution in [0.3, 0.4) is 0 Å². The molecule has 0 aromatic heterocycles. The Hall–Kier alpha value is -0.353. The Kier molecular flexibility index (Phi) is 2.90. The normalized spacial score (nSPS) is 30.1. The molecule has 1 saturated heterocycles. The van der Waals surface area contributed by atoms with Crippen LogP contribution >= 0.6 is 11.1 Å². The molecule has 0 bridgehead atoms. The van der Waals surface area contributed by atoms with Crippen molar-refractivity contribution in [2.24, 2.45) is 0 Å². The summed E-state index contributed by atoms with van der Waals surface area (Å²) >= 11 is 6.48. The van der Waals surface area contributed by atoms with Crippen LogP contribution in [0.1, 0.15) is 20.3 Å². The smallest absolute Gasteiger partial charge is 0.380 e. The first-order valence-electron chi connectivity index (χ1n) is 5.10. The Morgan fingerprint density at radius 2 is 1.93 bits per heavy atom. The molecule has 82 valence electrons. The summed E-state index contributed by atoms with van der Waals surface area (Å²) in [6.07, 6.45) is 0.890. The quantitative estimate of drug-likeness (QED) is 0.556. The van der Waals surface area contributed by atoms with E-state index in [4.69, 9.17) is 19.9 Å². The summed E-state index contributed by atoms with van der Waals surface area (Å²) < 4.78 is 11.6.